The first kappa shape index (κ1) is 19.3. The van der Waals surface area contributed by atoms with Gasteiger partial charge in [0.2, 0.25) is 6.29 Å². The van der Waals surface area contributed by atoms with E-state index in [0.717, 1.165) is 22.0 Å². The van der Waals surface area contributed by atoms with Crippen LogP contribution in [-0.4, -0.2) is 11.0 Å². The largest absolute Gasteiger partial charge is 0.460 e. The molecule has 0 unspecified atom stereocenters. The Hall–Kier alpha value is -3.64. The number of hydrogen-bond donors (Lipinski definition) is 1. The van der Waals surface area contributed by atoms with E-state index in [1.165, 1.54) is 12.1 Å². The summed E-state index contributed by atoms with van der Waals surface area (Å²) in [5.41, 5.74) is 3.75. The second-order valence-electron chi connectivity index (χ2n) is 7.42. The third-order valence-electron chi connectivity index (χ3n) is 5.29. The van der Waals surface area contributed by atoms with Gasteiger partial charge in [-0.3, -0.25) is 4.79 Å². The highest BCUT2D eigenvalue weighted by atomic mass is 19.1. The third-order valence-corrected chi connectivity index (χ3v) is 5.29. The van der Waals surface area contributed by atoms with Crippen LogP contribution in [0.5, 0.6) is 5.75 Å². The molecule has 1 aliphatic rings. The van der Waals surface area contributed by atoms with Gasteiger partial charge in [-0.2, -0.15) is 0 Å². The quantitative estimate of drug-likeness (QED) is 0.454. The summed E-state index contributed by atoms with van der Waals surface area (Å²) in [4.78, 5) is 15.6. The minimum Gasteiger partial charge on any atom is -0.460 e. The van der Waals surface area contributed by atoms with Gasteiger partial charge in [-0.05, 0) is 23.8 Å². The molecule has 0 radical (unpaired) electrons. The van der Waals surface area contributed by atoms with Crippen LogP contribution >= 0.6 is 0 Å². The zero-order valence-corrected chi connectivity index (χ0v) is 16.6. The number of rotatable bonds is 5. The molecule has 31 heavy (non-hydrogen) atoms. The van der Waals surface area contributed by atoms with Gasteiger partial charge in [0.05, 0.1) is 13.0 Å². The maximum atomic E-state index is 14.1. The first-order chi connectivity index (χ1) is 15.2. The molecular weight excluding hydrogens is 397 g/mol. The second-order valence-corrected chi connectivity index (χ2v) is 7.42. The van der Waals surface area contributed by atoms with Gasteiger partial charge in [0.1, 0.15) is 18.2 Å². The average Bonchev–Trinajstić information content (AvgIpc) is 3.20. The van der Waals surface area contributed by atoms with Gasteiger partial charge in [-0.15, -0.1) is 0 Å². The molecule has 1 atom stereocenters. The van der Waals surface area contributed by atoms with Crippen molar-refractivity contribution in [2.45, 2.75) is 25.9 Å². The van der Waals surface area contributed by atoms with Crippen molar-refractivity contribution in [2.24, 2.45) is 0 Å². The van der Waals surface area contributed by atoms with E-state index in [9.17, 15) is 9.18 Å². The van der Waals surface area contributed by atoms with Gasteiger partial charge in [0.25, 0.3) is 0 Å². The van der Waals surface area contributed by atoms with Crippen LogP contribution < -0.4 is 4.74 Å². The van der Waals surface area contributed by atoms with Gasteiger partial charge < -0.3 is 19.2 Å². The van der Waals surface area contributed by atoms with E-state index in [-0.39, 0.29) is 19.6 Å². The first-order valence-corrected chi connectivity index (χ1v) is 10.0. The van der Waals surface area contributed by atoms with Crippen molar-refractivity contribution in [2.75, 3.05) is 0 Å². The van der Waals surface area contributed by atoms with Crippen molar-refractivity contribution >= 4 is 16.9 Å². The molecule has 0 spiro atoms. The maximum Gasteiger partial charge on any atom is 0.310 e. The van der Waals surface area contributed by atoms with Crippen LogP contribution in [0.3, 0.4) is 0 Å². The Balaban J connectivity index is 1.32. The van der Waals surface area contributed by atoms with E-state index < -0.39 is 18.1 Å². The standard InChI is InChI=1S/C25H20FNO4/c26-20-10-18(14-29-23(28)12-17-13-27-22-9-5-4-8-21(17)22)24-19(11-20)15-30-25(31-24)16-6-2-1-3-7-16/h1-11,13,25,27H,12,14-15H2/t25-/m1/s1. The number of carbonyl (C=O) groups is 1. The predicted molar refractivity (Wildman–Crippen MR) is 113 cm³/mol. The molecular formula is C25H20FNO4. The minimum absolute atomic E-state index is 0.0806. The fourth-order valence-corrected chi connectivity index (χ4v) is 3.80. The number of hydrogen-bond acceptors (Lipinski definition) is 4. The number of esters is 1. The van der Waals surface area contributed by atoms with Gasteiger partial charge in [0, 0.05) is 33.8 Å². The number of carbonyl (C=O) groups excluding carboxylic acids is 1. The van der Waals surface area contributed by atoms with Crippen LogP contribution in [0.1, 0.15) is 28.5 Å². The Morgan fingerprint density at radius 2 is 1.87 bits per heavy atom. The highest BCUT2D eigenvalue weighted by Gasteiger charge is 2.25. The molecule has 0 saturated heterocycles. The Morgan fingerprint density at radius 1 is 1.06 bits per heavy atom. The van der Waals surface area contributed by atoms with Gasteiger partial charge in [0.15, 0.2) is 0 Å². The van der Waals surface area contributed by atoms with Gasteiger partial charge in [-0.1, -0.05) is 48.5 Å². The van der Waals surface area contributed by atoms with Crippen molar-refractivity contribution in [3.8, 4) is 5.75 Å². The smallest absolute Gasteiger partial charge is 0.310 e. The summed E-state index contributed by atoms with van der Waals surface area (Å²) in [5.74, 6) is -0.317. The Morgan fingerprint density at radius 3 is 2.74 bits per heavy atom. The van der Waals surface area contributed by atoms with Gasteiger partial charge in [-0.25, -0.2) is 4.39 Å². The van der Waals surface area contributed by atoms with E-state index in [1.54, 1.807) is 6.20 Å². The summed E-state index contributed by atoms with van der Waals surface area (Å²) in [7, 11) is 0. The van der Waals surface area contributed by atoms with Crippen molar-refractivity contribution in [3.63, 3.8) is 0 Å². The Bertz CT molecular complexity index is 1230. The molecule has 3 aromatic carbocycles. The second kappa shape index (κ2) is 8.24. The average molecular weight is 417 g/mol. The molecule has 0 fully saturated rings. The molecule has 0 aliphatic carbocycles. The van der Waals surface area contributed by atoms with Gasteiger partial charge >= 0.3 is 5.97 Å². The number of aromatic amines is 1. The maximum absolute atomic E-state index is 14.1. The van der Waals surface area contributed by atoms with E-state index in [2.05, 4.69) is 4.98 Å². The molecule has 2 heterocycles. The predicted octanol–water partition coefficient (Wildman–Crippen LogP) is 5.20. The van der Waals surface area contributed by atoms with E-state index in [0.29, 0.717) is 16.9 Å². The van der Waals surface area contributed by atoms with Crippen LogP contribution in [0, 0.1) is 5.82 Å². The molecule has 0 saturated carbocycles. The van der Waals surface area contributed by atoms with Crippen molar-refractivity contribution in [3.05, 3.63) is 101 Å². The molecule has 6 heteroatoms. The first-order valence-electron chi connectivity index (χ1n) is 10.0. The molecule has 1 aromatic heterocycles. The summed E-state index contributed by atoms with van der Waals surface area (Å²) in [6.45, 7) is 0.131. The molecule has 1 aliphatic heterocycles. The van der Waals surface area contributed by atoms with E-state index in [4.69, 9.17) is 14.2 Å². The molecule has 0 amide bonds. The molecule has 5 nitrogen and oxygen atoms in total. The van der Waals surface area contributed by atoms with Crippen LogP contribution in [0.25, 0.3) is 10.9 Å². The number of nitrogens with one attached hydrogen (secondary N) is 1. The SMILES string of the molecule is O=C(Cc1c[nH]c2ccccc12)OCc1cc(F)cc2c1O[C@H](c1ccccc1)OC2. The summed E-state index contributed by atoms with van der Waals surface area (Å²) < 4.78 is 31.3. The normalized spacial score (nSPS) is 15.3. The van der Waals surface area contributed by atoms with Crippen LogP contribution in [-0.2, 0) is 33.9 Å². The summed E-state index contributed by atoms with van der Waals surface area (Å²) in [6.07, 6.45) is 1.33. The molecule has 5 rings (SSSR count). The summed E-state index contributed by atoms with van der Waals surface area (Å²) in [6, 6.07) is 20.0. The summed E-state index contributed by atoms with van der Waals surface area (Å²) >= 11 is 0. The van der Waals surface area contributed by atoms with Crippen molar-refractivity contribution in [1.29, 1.82) is 0 Å². The number of H-pyrrole nitrogens is 1. The van der Waals surface area contributed by atoms with Crippen LogP contribution in [0.4, 0.5) is 4.39 Å². The highest BCUT2D eigenvalue weighted by Crippen LogP contribution is 2.36. The zero-order chi connectivity index (χ0) is 21.2. The monoisotopic (exact) mass is 417 g/mol. The number of ether oxygens (including phenoxy) is 3. The Labute approximate surface area is 178 Å². The lowest BCUT2D eigenvalue weighted by molar-refractivity contribution is -0.144. The van der Waals surface area contributed by atoms with Crippen molar-refractivity contribution < 1.29 is 23.4 Å². The lowest BCUT2D eigenvalue weighted by Crippen LogP contribution is -2.20. The highest BCUT2D eigenvalue weighted by molar-refractivity contribution is 5.87. The topological polar surface area (TPSA) is 60.6 Å². The molecule has 156 valence electrons. The number of aromatic nitrogens is 1. The molecule has 1 N–H and O–H groups in total. The van der Waals surface area contributed by atoms with Crippen LogP contribution in [0.15, 0.2) is 72.9 Å². The molecule has 4 aromatic rings. The number of benzene rings is 3. The van der Waals surface area contributed by atoms with E-state index >= 15 is 0 Å². The number of fused-ring (bicyclic) bond motifs is 2. The van der Waals surface area contributed by atoms with Crippen LogP contribution in [0.2, 0.25) is 0 Å². The number of para-hydroxylation sites is 1. The lowest BCUT2D eigenvalue weighted by atomic mass is 10.1. The molecule has 0 bridgehead atoms. The fourth-order valence-electron chi connectivity index (χ4n) is 3.80. The summed E-state index contributed by atoms with van der Waals surface area (Å²) in [5, 5.41) is 0.980. The van der Waals surface area contributed by atoms with E-state index in [1.807, 2.05) is 54.6 Å². The Kier molecular flexibility index (Phi) is 5.14. The fraction of sp³-hybridized carbons (Fsp3) is 0.160. The zero-order valence-electron chi connectivity index (χ0n) is 16.6. The number of halogens is 1. The minimum atomic E-state index is -0.597. The van der Waals surface area contributed by atoms with Crippen molar-refractivity contribution in [1.82, 2.24) is 4.98 Å². The third kappa shape index (κ3) is 4.02. The lowest BCUT2D eigenvalue weighted by Gasteiger charge is -2.28.